The normalized spacial score (nSPS) is 11.7. The molecule has 102 valence electrons. The monoisotopic (exact) mass is 260 g/mol. The fourth-order valence-corrected chi connectivity index (χ4v) is 2.43. The molecule has 1 N–H and O–H groups in total. The highest BCUT2D eigenvalue weighted by Gasteiger charge is 2.17. The second-order valence-corrected chi connectivity index (χ2v) is 5.40. The number of carbonyl (C=O) groups is 1. The van der Waals surface area contributed by atoms with Gasteiger partial charge in [-0.1, -0.05) is 12.1 Å². The third kappa shape index (κ3) is 2.49. The minimum atomic E-state index is -0.873. The first-order chi connectivity index (χ1) is 8.91. The summed E-state index contributed by atoms with van der Waals surface area (Å²) in [5, 5.41) is 10.4. The van der Waals surface area contributed by atoms with Gasteiger partial charge in [0.05, 0.1) is 11.1 Å². The van der Waals surface area contributed by atoms with Crippen LogP contribution in [-0.2, 0) is 6.54 Å². The Bertz CT molecular complexity index is 612. The number of hydrogen-bond acceptors (Lipinski definition) is 2. The van der Waals surface area contributed by atoms with Crippen LogP contribution in [0.15, 0.2) is 24.4 Å². The van der Waals surface area contributed by atoms with Gasteiger partial charge in [0.1, 0.15) is 0 Å². The van der Waals surface area contributed by atoms with Crippen molar-refractivity contribution < 1.29 is 9.90 Å². The highest BCUT2D eigenvalue weighted by molar-refractivity contribution is 6.03. The number of carboxylic acids is 1. The van der Waals surface area contributed by atoms with Crippen LogP contribution in [0, 0.1) is 0 Å². The minimum absolute atomic E-state index is 0.235. The first kappa shape index (κ1) is 13.6. The van der Waals surface area contributed by atoms with Crippen molar-refractivity contribution in [2.24, 2.45) is 0 Å². The van der Waals surface area contributed by atoms with Crippen molar-refractivity contribution >= 4 is 16.9 Å². The van der Waals surface area contributed by atoms with Gasteiger partial charge in [0.15, 0.2) is 0 Å². The lowest BCUT2D eigenvalue weighted by Gasteiger charge is -2.10. The van der Waals surface area contributed by atoms with Gasteiger partial charge in [-0.05, 0) is 39.6 Å². The Morgan fingerprint density at radius 2 is 2.05 bits per heavy atom. The molecule has 0 radical (unpaired) electrons. The van der Waals surface area contributed by atoms with E-state index in [0.717, 1.165) is 23.0 Å². The van der Waals surface area contributed by atoms with Crippen LogP contribution in [0.25, 0.3) is 10.9 Å². The quantitative estimate of drug-likeness (QED) is 0.919. The molecule has 1 aromatic heterocycles. The third-order valence-electron chi connectivity index (χ3n) is 3.21. The number of hydrogen-bond donors (Lipinski definition) is 1. The Morgan fingerprint density at radius 1 is 1.37 bits per heavy atom. The number of benzene rings is 1. The molecule has 4 nitrogen and oxygen atoms in total. The van der Waals surface area contributed by atoms with Gasteiger partial charge in [-0.2, -0.15) is 0 Å². The summed E-state index contributed by atoms with van der Waals surface area (Å²) in [4.78, 5) is 13.5. The molecule has 19 heavy (non-hydrogen) atoms. The van der Waals surface area contributed by atoms with Crippen molar-refractivity contribution in [2.75, 3.05) is 14.1 Å². The van der Waals surface area contributed by atoms with E-state index in [2.05, 4.69) is 29.5 Å². The van der Waals surface area contributed by atoms with E-state index in [0.29, 0.717) is 5.56 Å². The largest absolute Gasteiger partial charge is 0.478 e. The number of aromatic carboxylic acids is 1. The lowest BCUT2D eigenvalue weighted by atomic mass is 10.1. The molecule has 0 unspecified atom stereocenters. The van der Waals surface area contributed by atoms with Gasteiger partial charge in [-0.15, -0.1) is 0 Å². The molecule has 1 aromatic carbocycles. The Labute approximate surface area is 113 Å². The fraction of sp³-hybridized carbons (Fsp3) is 0.400. The first-order valence-electron chi connectivity index (χ1n) is 6.42. The maximum atomic E-state index is 11.4. The predicted molar refractivity (Wildman–Crippen MR) is 76.7 cm³/mol. The van der Waals surface area contributed by atoms with E-state index in [4.69, 9.17) is 0 Å². The molecule has 4 heteroatoms. The lowest BCUT2D eigenvalue weighted by molar-refractivity contribution is 0.0698. The van der Waals surface area contributed by atoms with Crippen molar-refractivity contribution in [1.29, 1.82) is 0 Å². The van der Waals surface area contributed by atoms with Gasteiger partial charge in [0.25, 0.3) is 0 Å². The Balaban J connectivity index is 2.75. The van der Waals surface area contributed by atoms with Gasteiger partial charge in [-0.3, -0.25) is 0 Å². The molecular weight excluding hydrogens is 240 g/mol. The molecule has 0 bridgehead atoms. The highest BCUT2D eigenvalue weighted by atomic mass is 16.4. The van der Waals surface area contributed by atoms with E-state index in [9.17, 15) is 9.90 Å². The van der Waals surface area contributed by atoms with Crippen molar-refractivity contribution in [1.82, 2.24) is 9.47 Å². The summed E-state index contributed by atoms with van der Waals surface area (Å²) in [5.74, 6) is -0.873. The van der Waals surface area contributed by atoms with Crippen LogP contribution in [0.4, 0.5) is 0 Å². The number of nitrogens with zero attached hydrogens (tertiary/aromatic N) is 2. The number of rotatable bonds is 4. The van der Waals surface area contributed by atoms with Crippen LogP contribution in [-0.4, -0.2) is 34.6 Å². The zero-order chi connectivity index (χ0) is 14.2. The van der Waals surface area contributed by atoms with E-state index >= 15 is 0 Å². The zero-order valence-corrected chi connectivity index (χ0v) is 11.8. The smallest absolute Gasteiger partial charge is 0.337 e. The lowest BCUT2D eigenvalue weighted by Crippen LogP contribution is -2.10. The topological polar surface area (TPSA) is 45.5 Å². The van der Waals surface area contributed by atoms with E-state index in [1.165, 1.54) is 0 Å². The Hall–Kier alpha value is -1.81. The molecule has 0 saturated heterocycles. The summed E-state index contributed by atoms with van der Waals surface area (Å²) in [6.07, 6.45) is 2.07. The van der Waals surface area contributed by atoms with E-state index in [1.54, 1.807) is 6.07 Å². The molecule has 0 fully saturated rings. The van der Waals surface area contributed by atoms with Crippen LogP contribution in [0.5, 0.6) is 0 Å². The molecule has 2 rings (SSSR count). The van der Waals surface area contributed by atoms with Crippen LogP contribution in [0.2, 0.25) is 0 Å². The van der Waals surface area contributed by atoms with Crippen LogP contribution >= 0.6 is 0 Å². The van der Waals surface area contributed by atoms with Crippen molar-refractivity contribution in [3.8, 4) is 0 Å². The van der Waals surface area contributed by atoms with Crippen LogP contribution in [0.1, 0.15) is 35.8 Å². The van der Waals surface area contributed by atoms with Gasteiger partial charge in [0, 0.05) is 24.2 Å². The summed E-state index contributed by atoms with van der Waals surface area (Å²) in [6.45, 7) is 4.94. The number of fused-ring (bicyclic) bond motifs is 1. The summed E-state index contributed by atoms with van der Waals surface area (Å²) < 4.78 is 2.05. The van der Waals surface area contributed by atoms with Gasteiger partial charge >= 0.3 is 5.97 Å². The number of para-hydroxylation sites is 1. The summed E-state index contributed by atoms with van der Waals surface area (Å²) in [7, 11) is 4.03. The highest BCUT2D eigenvalue weighted by Crippen LogP contribution is 2.28. The minimum Gasteiger partial charge on any atom is -0.478 e. The molecule has 2 aromatic rings. The standard InChI is InChI=1S/C15H20N2O2/c1-10(2)17-9-11(8-16(3)4)12-6-5-7-13(14(12)17)15(18)19/h5-7,9-10H,8H2,1-4H3,(H,18,19). The Morgan fingerprint density at radius 3 is 2.58 bits per heavy atom. The molecular formula is C15H20N2O2. The molecule has 0 aliphatic rings. The zero-order valence-electron chi connectivity index (χ0n) is 11.8. The third-order valence-corrected chi connectivity index (χ3v) is 3.21. The van der Waals surface area contributed by atoms with Gasteiger partial charge < -0.3 is 14.6 Å². The second-order valence-electron chi connectivity index (χ2n) is 5.40. The Kier molecular flexibility index (Phi) is 3.62. The maximum Gasteiger partial charge on any atom is 0.337 e. The van der Waals surface area contributed by atoms with Crippen LogP contribution < -0.4 is 0 Å². The van der Waals surface area contributed by atoms with Crippen molar-refractivity contribution in [2.45, 2.75) is 26.4 Å². The SMILES string of the molecule is CC(C)n1cc(CN(C)C)c2cccc(C(=O)O)c21. The molecule has 0 saturated carbocycles. The predicted octanol–water partition coefficient (Wildman–Crippen LogP) is 2.98. The molecule has 0 amide bonds. The van der Waals surface area contributed by atoms with Gasteiger partial charge in [-0.25, -0.2) is 4.79 Å². The van der Waals surface area contributed by atoms with Crippen molar-refractivity contribution in [3.63, 3.8) is 0 Å². The maximum absolute atomic E-state index is 11.4. The molecule has 0 aliphatic heterocycles. The average molecular weight is 260 g/mol. The number of carboxylic acid groups (broad SMARTS) is 1. The first-order valence-corrected chi connectivity index (χ1v) is 6.42. The summed E-state index contributed by atoms with van der Waals surface area (Å²) in [5.41, 5.74) is 2.36. The summed E-state index contributed by atoms with van der Waals surface area (Å²) in [6, 6.07) is 5.72. The molecule has 0 atom stereocenters. The molecule has 0 spiro atoms. The molecule has 0 aliphatic carbocycles. The van der Waals surface area contributed by atoms with E-state index < -0.39 is 5.97 Å². The van der Waals surface area contributed by atoms with E-state index in [1.807, 2.05) is 26.2 Å². The van der Waals surface area contributed by atoms with Gasteiger partial charge in [0.2, 0.25) is 0 Å². The second kappa shape index (κ2) is 5.05. The number of aromatic nitrogens is 1. The summed E-state index contributed by atoms with van der Waals surface area (Å²) >= 11 is 0. The average Bonchev–Trinajstić information content (AvgIpc) is 2.67. The van der Waals surface area contributed by atoms with E-state index in [-0.39, 0.29) is 6.04 Å². The van der Waals surface area contributed by atoms with Crippen LogP contribution in [0.3, 0.4) is 0 Å². The van der Waals surface area contributed by atoms with Crippen molar-refractivity contribution in [3.05, 3.63) is 35.5 Å². The molecule has 1 heterocycles. The fourth-order valence-electron chi connectivity index (χ4n) is 2.43.